The van der Waals surface area contributed by atoms with Crippen LogP contribution in [0.15, 0.2) is 0 Å². The number of H-pyrrole nitrogens is 1. The summed E-state index contributed by atoms with van der Waals surface area (Å²) in [6.45, 7) is 4.39. The Morgan fingerprint density at radius 2 is 2.00 bits per heavy atom. The second-order valence-electron chi connectivity index (χ2n) is 6.61. The summed E-state index contributed by atoms with van der Waals surface area (Å²) in [5.41, 5.74) is 1.41. The van der Waals surface area contributed by atoms with Crippen molar-refractivity contribution in [3.05, 3.63) is 17.0 Å². The van der Waals surface area contributed by atoms with Crippen molar-refractivity contribution in [3.63, 3.8) is 0 Å². The van der Waals surface area contributed by atoms with Gasteiger partial charge in [0, 0.05) is 24.3 Å². The molecule has 0 aromatic carbocycles. The Bertz CT molecular complexity index is 675. The topological polar surface area (TPSA) is 107 Å². The molecule has 1 aromatic rings. The van der Waals surface area contributed by atoms with E-state index >= 15 is 0 Å². The van der Waals surface area contributed by atoms with Gasteiger partial charge in [-0.25, -0.2) is 4.79 Å². The molecule has 24 heavy (non-hydrogen) atoms. The quantitative estimate of drug-likeness (QED) is 0.552. The molecule has 2 aliphatic rings. The molecule has 3 rings (SSSR count). The van der Waals surface area contributed by atoms with Crippen LogP contribution in [0, 0.1) is 13.8 Å². The molecule has 0 unspecified atom stereocenters. The zero-order valence-electron chi connectivity index (χ0n) is 14.1. The van der Waals surface area contributed by atoms with Crippen LogP contribution in [-0.4, -0.2) is 51.6 Å². The Hall–Kier alpha value is -2.38. The van der Waals surface area contributed by atoms with Gasteiger partial charge in [-0.2, -0.15) is 5.10 Å². The lowest BCUT2D eigenvalue weighted by atomic mass is 9.98. The van der Waals surface area contributed by atoms with Crippen LogP contribution in [0.1, 0.15) is 53.8 Å². The van der Waals surface area contributed by atoms with Gasteiger partial charge in [-0.05, 0) is 33.1 Å². The first-order valence-electron chi connectivity index (χ1n) is 8.38. The number of rotatable bonds is 5. The molecule has 3 N–H and O–H groups in total. The van der Waals surface area contributed by atoms with Gasteiger partial charge >= 0.3 is 6.03 Å². The monoisotopic (exact) mass is 333 g/mol. The third-order valence-corrected chi connectivity index (χ3v) is 5.02. The zero-order valence-corrected chi connectivity index (χ0v) is 14.1. The van der Waals surface area contributed by atoms with Crippen LogP contribution in [0.5, 0.6) is 0 Å². The number of imide groups is 1. The van der Waals surface area contributed by atoms with Crippen LogP contribution in [0.2, 0.25) is 0 Å². The molecule has 2 fully saturated rings. The van der Waals surface area contributed by atoms with Gasteiger partial charge in [0.15, 0.2) is 5.69 Å². The molecule has 2 heterocycles. The first kappa shape index (κ1) is 16.5. The van der Waals surface area contributed by atoms with Crippen LogP contribution >= 0.6 is 0 Å². The Morgan fingerprint density at radius 3 is 2.62 bits per heavy atom. The maximum atomic E-state index is 12.5. The number of hydrogen-bond acceptors (Lipinski definition) is 4. The highest BCUT2D eigenvalue weighted by Crippen LogP contribution is 2.34. The van der Waals surface area contributed by atoms with Crippen molar-refractivity contribution in [2.24, 2.45) is 0 Å². The molecule has 0 atom stereocenters. The summed E-state index contributed by atoms with van der Waals surface area (Å²) in [6.07, 6.45) is 3.91. The summed E-state index contributed by atoms with van der Waals surface area (Å²) in [5.74, 6) is -0.364. The number of aromatic amines is 1. The average Bonchev–Trinajstić information content (AvgIpc) is 3.20. The van der Waals surface area contributed by atoms with E-state index in [4.69, 9.17) is 0 Å². The molecule has 8 nitrogen and oxygen atoms in total. The summed E-state index contributed by atoms with van der Waals surface area (Å²) in [6, 6.07) is -0.313. The molecule has 1 saturated carbocycles. The Kier molecular flexibility index (Phi) is 4.29. The number of hydrogen-bond donors (Lipinski definition) is 3. The first-order valence-corrected chi connectivity index (χ1v) is 8.38. The van der Waals surface area contributed by atoms with Crippen molar-refractivity contribution < 1.29 is 14.4 Å². The number of nitrogens with zero attached hydrogens (tertiary/aromatic N) is 2. The molecule has 1 aliphatic heterocycles. The van der Waals surface area contributed by atoms with Gasteiger partial charge in [0.1, 0.15) is 5.54 Å². The van der Waals surface area contributed by atoms with E-state index in [0.717, 1.165) is 36.9 Å². The largest absolute Gasteiger partial charge is 0.351 e. The summed E-state index contributed by atoms with van der Waals surface area (Å²) in [7, 11) is 0. The van der Waals surface area contributed by atoms with Gasteiger partial charge < -0.3 is 10.6 Å². The fourth-order valence-electron chi connectivity index (χ4n) is 3.43. The van der Waals surface area contributed by atoms with Crippen molar-refractivity contribution in [2.45, 2.75) is 51.5 Å². The number of carbonyl (C=O) groups excluding carboxylic acids is 3. The average molecular weight is 333 g/mol. The fourth-order valence-corrected chi connectivity index (χ4v) is 3.43. The fraction of sp³-hybridized carbons (Fsp3) is 0.625. The molecule has 8 heteroatoms. The highest BCUT2D eigenvalue weighted by atomic mass is 16.2. The predicted molar refractivity (Wildman–Crippen MR) is 86.5 cm³/mol. The normalized spacial score (nSPS) is 19.2. The van der Waals surface area contributed by atoms with Gasteiger partial charge in [-0.15, -0.1) is 0 Å². The summed E-state index contributed by atoms with van der Waals surface area (Å²) in [4.78, 5) is 37.8. The number of amides is 4. The Balaban J connectivity index is 1.48. The number of nitrogens with one attached hydrogen (secondary N) is 3. The molecule has 1 aromatic heterocycles. The van der Waals surface area contributed by atoms with E-state index in [0.29, 0.717) is 25.2 Å². The van der Waals surface area contributed by atoms with Crippen LogP contribution in [0.3, 0.4) is 0 Å². The van der Waals surface area contributed by atoms with Crippen molar-refractivity contribution >= 4 is 17.8 Å². The highest BCUT2D eigenvalue weighted by molar-refractivity contribution is 6.07. The van der Waals surface area contributed by atoms with Crippen LogP contribution in [0.25, 0.3) is 0 Å². The lowest BCUT2D eigenvalue weighted by Gasteiger charge is -2.20. The maximum absolute atomic E-state index is 12.5. The standard InChI is InChI=1S/C16H23N5O3/c1-10-11(2)19-20-12(10)13(22)17-8-5-9-21-14(23)16(18-15(21)24)6-3-4-7-16/h3-9H2,1-2H3,(H,17,22)(H,18,24)(H,19,20). The molecule has 0 bridgehead atoms. The van der Waals surface area contributed by atoms with Crippen molar-refractivity contribution in [1.82, 2.24) is 25.7 Å². The zero-order chi connectivity index (χ0) is 17.3. The summed E-state index contributed by atoms with van der Waals surface area (Å²) < 4.78 is 0. The number of carbonyl (C=O) groups is 3. The second kappa shape index (κ2) is 6.26. The maximum Gasteiger partial charge on any atom is 0.325 e. The summed E-state index contributed by atoms with van der Waals surface area (Å²) in [5, 5.41) is 12.4. The van der Waals surface area contributed by atoms with Crippen LogP contribution < -0.4 is 10.6 Å². The van der Waals surface area contributed by atoms with Gasteiger partial charge in [-0.3, -0.25) is 19.6 Å². The molecule has 0 radical (unpaired) electrons. The van der Waals surface area contributed by atoms with E-state index in [1.807, 2.05) is 13.8 Å². The minimum absolute atomic E-state index is 0.116. The highest BCUT2D eigenvalue weighted by Gasteiger charge is 2.51. The van der Waals surface area contributed by atoms with E-state index in [1.54, 1.807) is 0 Å². The van der Waals surface area contributed by atoms with Crippen molar-refractivity contribution in [1.29, 1.82) is 0 Å². The molecular weight excluding hydrogens is 310 g/mol. The van der Waals surface area contributed by atoms with Crippen molar-refractivity contribution in [3.8, 4) is 0 Å². The van der Waals surface area contributed by atoms with Gasteiger partial charge in [0.2, 0.25) is 0 Å². The van der Waals surface area contributed by atoms with Gasteiger partial charge in [0.25, 0.3) is 11.8 Å². The Labute approximate surface area is 140 Å². The minimum atomic E-state index is -0.663. The lowest BCUT2D eigenvalue weighted by molar-refractivity contribution is -0.131. The molecule has 4 amide bonds. The Morgan fingerprint density at radius 1 is 1.29 bits per heavy atom. The molecular formula is C16H23N5O3. The van der Waals surface area contributed by atoms with E-state index < -0.39 is 5.54 Å². The van der Waals surface area contributed by atoms with E-state index in [1.165, 1.54) is 4.90 Å². The van der Waals surface area contributed by atoms with E-state index in [-0.39, 0.29) is 17.8 Å². The van der Waals surface area contributed by atoms with Gasteiger partial charge in [-0.1, -0.05) is 12.8 Å². The van der Waals surface area contributed by atoms with E-state index in [2.05, 4.69) is 20.8 Å². The molecule has 1 spiro atoms. The summed E-state index contributed by atoms with van der Waals surface area (Å²) >= 11 is 0. The number of aryl methyl sites for hydroxylation is 1. The predicted octanol–water partition coefficient (Wildman–Crippen LogP) is 1.01. The van der Waals surface area contributed by atoms with E-state index in [9.17, 15) is 14.4 Å². The molecule has 1 saturated heterocycles. The molecule has 130 valence electrons. The third-order valence-electron chi connectivity index (χ3n) is 5.02. The minimum Gasteiger partial charge on any atom is -0.351 e. The molecule has 1 aliphatic carbocycles. The van der Waals surface area contributed by atoms with Gasteiger partial charge in [0.05, 0.1) is 0 Å². The third kappa shape index (κ3) is 2.76. The number of aromatic nitrogens is 2. The second-order valence-corrected chi connectivity index (χ2v) is 6.61. The van der Waals surface area contributed by atoms with Crippen LogP contribution in [-0.2, 0) is 4.79 Å². The van der Waals surface area contributed by atoms with Crippen LogP contribution in [0.4, 0.5) is 4.79 Å². The first-order chi connectivity index (χ1) is 11.4. The van der Waals surface area contributed by atoms with Crippen molar-refractivity contribution in [2.75, 3.05) is 13.1 Å². The number of urea groups is 1. The SMILES string of the molecule is Cc1[nH]nc(C(=O)NCCCN2C(=O)NC3(CCCC3)C2=O)c1C. The smallest absolute Gasteiger partial charge is 0.325 e. The lowest BCUT2D eigenvalue weighted by Crippen LogP contribution is -2.44.